The number of nitrogens with zero attached hydrogens (tertiary/aromatic N) is 1. The average molecular weight is 279 g/mol. The molecule has 0 amide bonds. The third-order valence-electron chi connectivity index (χ3n) is 2.94. The van der Waals surface area contributed by atoms with Crippen LogP contribution < -0.4 is 5.73 Å². The topological polar surface area (TPSA) is 29.3 Å². The first kappa shape index (κ1) is 14.7. The largest absolute Gasteiger partial charge is 0.327 e. The number of halogens is 3. The van der Waals surface area contributed by atoms with E-state index in [0.29, 0.717) is 11.6 Å². The van der Waals surface area contributed by atoms with Gasteiger partial charge in [0.05, 0.1) is 0 Å². The summed E-state index contributed by atoms with van der Waals surface area (Å²) < 4.78 is 13.1. The fraction of sp³-hybridized carbons (Fsp3) is 0.500. The fourth-order valence-corrected chi connectivity index (χ4v) is 2.32. The molecule has 1 aliphatic rings. The van der Waals surface area contributed by atoms with Crippen LogP contribution in [-0.2, 0) is 6.54 Å². The molecular weight excluding hydrogens is 262 g/mol. The molecule has 2 rings (SSSR count). The summed E-state index contributed by atoms with van der Waals surface area (Å²) in [4.78, 5) is 2.23. The monoisotopic (exact) mass is 278 g/mol. The van der Waals surface area contributed by atoms with Crippen LogP contribution in [0.15, 0.2) is 18.2 Å². The third kappa shape index (κ3) is 4.11. The van der Waals surface area contributed by atoms with E-state index in [1.807, 2.05) is 0 Å². The van der Waals surface area contributed by atoms with Gasteiger partial charge in [0.25, 0.3) is 0 Å². The Labute approximate surface area is 112 Å². The highest BCUT2D eigenvalue weighted by molar-refractivity contribution is 6.31. The SMILES string of the molecule is Cl.NC1CCCN(Cc2cc(F)ccc2Cl)C1. The molecule has 0 saturated carbocycles. The van der Waals surface area contributed by atoms with Crippen molar-refractivity contribution in [3.05, 3.63) is 34.6 Å². The number of benzene rings is 1. The van der Waals surface area contributed by atoms with E-state index in [1.54, 1.807) is 6.07 Å². The van der Waals surface area contributed by atoms with E-state index < -0.39 is 0 Å². The van der Waals surface area contributed by atoms with Gasteiger partial charge in [-0.05, 0) is 43.1 Å². The molecule has 1 heterocycles. The molecule has 1 aliphatic heterocycles. The van der Waals surface area contributed by atoms with E-state index in [0.717, 1.165) is 31.5 Å². The minimum absolute atomic E-state index is 0. The number of hydrogen-bond donors (Lipinski definition) is 1. The van der Waals surface area contributed by atoms with Gasteiger partial charge in [0.15, 0.2) is 0 Å². The maximum absolute atomic E-state index is 13.1. The minimum atomic E-state index is -0.235. The highest BCUT2D eigenvalue weighted by atomic mass is 35.5. The van der Waals surface area contributed by atoms with Crippen molar-refractivity contribution in [3.63, 3.8) is 0 Å². The van der Waals surface area contributed by atoms with Gasteiger partial charge >= 0.3 is 0 Å². The molecule has 0 aromatic heterocycles. The lowest BCUT2D eigenvalue weighted by Crippen LogP contribution is -2.42. The molecule has 2 N–H and O–H groups in total. The van der Waals surface area contributed by atoms with Gasteiger partial charge in [0, 0.05) is 24.2 Å². The van der Waals surface area contributed by atoms with E-state index in [1.165, 1.54) is 12.1 Å². The molecule has 0 radical (unpaired) electrons. The summed E-state index contributed by atoms with van der Waals surface area (Å²) in [6.07, 6.45) is 2.18. The van der Waals surface area contributed by atoms with Gasteiger partial charge in [-0.25, -0.2) is 4.39 Å². The number of piperidine rings is 1. The Bertz CT molecular complexity index is 374. The number of hydrogen-bond acceptors (Lipinski definition) is 2. The Balaban J connectivity index is 0.00000144. The van der Waals surface area contributed by atoms with Crippen LogP contribution >= 0.6 is 24.0 Å². The van der Waals surface area contributed by atoms with E-state index in [9.17, 15) is 4.39 Å². The first-order valence-electron chi connectivity index (χ1n) is 5.57. The van der Waals surface area contributed by atoms with E-state index >= 15 is 0 Å². The summed E-state index contributed by atoms with van der Waals surface area (Å²) >= 11 is 6.03. The highest BCUT2D eigenvalue weighted by Crippen LogP contribution is 2.20. The Kier molecular flexibility index (Phi) is 5.67. The highest BCUT2D eigenvalue weighted by Gasteiger charge is 2.17. The lowest BCUT2D eigenvalue weighted by molar-refractivity contribution is 0.201. The molecule has 1 unspecified atom stereocenters. The van der Waals surface area contributed by atoms with Crippen LogP contribution in [0, 0.1) is 5.82 Å². The summed E-state index contributed by atoms with van der Waals surface area (Å²) in [6, 6.07) is 4.73. The zero-order chi connectivity index (χ0) is 11.5. The van der Waals surface area contributed by atoms with Crippen molar-refractivity contribution in [2.24, 2.45) is 5.73 Å². The lowest BCUT2D eigenvalue weighted by Gasteiger charge is -2.30. The van der Waals surface area contributed by atoms with Gasteiger partial charge in [-0.2, -0.15) is 0 Å². The molecule has 17 heavy (non-hydrogen) atoms. The van der Waals surface area contributed by atoms with Crippen molar-refractivity contribution in [2.75, 3.05) is 13.1 Å². The zero-order valence-electron chi connectivity index (χ0n) is 9.53. The molecule has 1 saturated heterocycles. The van der Waals surface area contributed by atoms with Gasteiger partial charge in [0.1, 0.15) is 5.82 Å². The first-order valence-corrected chi connectivity index (χ1v) is 5.95. The summed E-state index contributed by atoms with van der Waals surface area (Å²) in [5.74, 6) is -0.235. The van der Waals surface area contributed by atoms with Crippen molar-refractivity contribution < 1.29 is 4.39 Å². The lowest BCUT2D eigenvalue weighted by atomic mass is 10.1. The molecule has 0 bridgehead atoms. The van der Waals surface area contributed by atoms with Gasteiger partial charge in [-0.3, -0.25) is 4.90 Å². The summed E-state index contributed by atoms with van der Waals surface area (Å²) in [6.45, 7) is 2.57. The molecule has 1 atom stereocenters. The Morgan fingerprint density at radius 3 is 2.94 bits per heavy atom. The Morgan fingerprint density at radius 1 is 1.47 bits per heavy atom. The van der Waals surface area contributed by atoms with Gasteiger partial charge in [0.2, 0.25) is 0 Å². The molecule has 1 aromatic carbocycles. The summed E-state index contributed by atoms with van der Waals surface area (Å²) in [5.41, 5.74) is 6.74. The van der Waals surface area contributed by atoms with Crippen LogP contribution in [0.3, 0.4) is 0 Å². The van der Waals surface area contributed by atoms with Gasteiger partial charge in [-0.1, -0.05) is 11.6 Å². The fourth-order valence-electron chi connectivity index (χ4n) is 2.14. The molecule has 96 valence electrons. The van der Waals surface area contributed by atoms with E-state index in [4.69, 9.17) is 17.3 Å². The molecule has 0 aliphatic carbocycles. The predicted octanol–water partition coefficient (Wildman–Crippen LogP) is 2.82. The van der Waals surface area contributed by atoms with Gasteiger partial charge < -0.3 is 5.73 Å². The van der Waals surface area contributed by atoms with Crippen molar-refractivity contribution in [1.82, 2.24) is 4.90 Å². The zero-order valence-corrected chi connectivity index (χ0v) is 11.1. The maximum Gasteiger partial charge on any atom is 0.123 e. The van der Waals surface area contributed by atoms with Gasteiger partial charge in [-0.15, -0.1) is 12.4 Å². The second-order valence-corrected chi connectivity index (χ2v) is 4.78. The maximum atomic E-state index is 13.1. The molecule has 1 fully saturated rings. The summed E-state index contributed by atoms with van der Waals surface area (Å²) in [7, 11) is 0. The Hall–Kier alpha value is -0.350. The normalized spacial score (nSPS) is 21.0. The second-order valence-electron chi connectivity index (χ2n) is 4.37. The first-order chi connectivity index (χ1) is 7.65. The van der Waals surface area contributed by atoms with Crippen molar-refractivity contribution in [2.45, 2.75) is 25.4 Å². The minimum Gasteiger partial charge on any atom is -0.327 e. The average Bonchev–Trinajstić information content (AvgIpc) is 2.24. The van der Waals surface area contributed by atoms with E-state index in [-0.39, 0.29) is 24.3 Å². The van der Waals surface area contributed by atoms with E-state index in [2.05, 4.69) is 4.90 Å². The third-order valence-corrected chi connectivity index (χ3v) is 3.31. The molecule has 5 heteroatoms. The second kappa shape index (κ2) is 6.55. The number of rotatable bonds is 2. The smallest absolute Gasteiger partial charge is 0.123 e. The van der Waals surface area contributed by atoms with Crippen LogP contribution in [0.25, 0.3) is 0 Å². The van der Waals surface area contributed by atoms with Crippen LogP contribution in [0.5, 0.6) is 0 Å². The van der Waals surface area contributed by atoms with Crippen LogP contribution in [0.1, 0.15) is 18.4 Å². The van der Waals surface area contributed by atoms with Crippen LogP contribution in [0.4, 0.5) is 4.39 Å². The van der Waals surface area contributed by atoms with Crippen molar-refractivity contribution >= 4 is 24.0 Å². The Morgan fingerprint density at radius 2 is 2.24 bits per heavy atom. The quantitative estimate of drug-likeness (QED) is 0.902. The molecule has 1 aromatic rings. The number of likely N-dealkylation sites (tertiary alicyclic amines) is 1. The van der Waals surface area contributed by atoms with Crippen molar-refractivity contribution in [1.29, 1.82) is 0 Å². The predicted molar refractivity (Wildman–Crippen MR) is 71.1 cm³/mol. The van der Waals surface area contributed by atoms with Crippen LogP contribution in [0.2, 0.25) is 5.02 Å². The molecule has 0 spiro atoms. The molecular formula is C12H17Cl2FN2. The van der Waals surface area contributed by atoms with Crippen LogP contribution in [-0.4, -0.2) is 24.0 Å². The summed E-state index contributed by atoms with van der Waals surface area (Å²) in [5, 5.41) is 0.626. The number of nitrogens with two attached hydrogens (primary N) is 1. The molecule has 2 nitrogen and oxygen atoms in total. The van der Waals surface area contributed by atoms with Crippen molar-refractivity contribution in [3.8, 4) is 0 Å². The standard InChI is InChI=1S/C12H16ClFN2.ClH/c13-12-4-3-10(14)6-9(12)7-16-5-1-2-11(15)8-16;/h3-4,6,11H,1-2,5,7-8,15H2;1H.